The van der Waals surface area contributed by atoms with Crippen LogP contribution in [0.2, 0.25) is 0 Å². The number of hydrogen-bond donors (Lipinski definition) is 0. The van der Waals surface area contributed by atoms with Crippen molar-refractivity contribution in [2.24, 2.45) is 0 Å². The first-order valence-corrected chi connectivity index (χ1v) is 18.1. The van der Waals surface area contributed by atoms with Crippen LogP contribution in [-0.4, -0.2) is 4.57 Å². The summed E-state index contributed by atoms with van der Waals surface area (Å²) < 4.78 is 2.38. The molecule has 10 rings (SSSR count). The Labute approximate surface area is 304 Å². The fraction of sp³-hybridized carbons (Fsp3) is 0.0400. The molecule has 0 bridgehead atoms. The topological polar surface area (TPSA) is 8.17 Å². The van der Waals surface area contributed by atoms with Crippen molar-refractivity contribution in [2.45, 2.75) is 12.8 Å². The van der Waals surface area contributed by atoms with Gasteiger partial charge in [0.05, 0.1) is 11.0 Å². The fourth-order valence-electron chi connectivity index (χ4n) is 8.05. The number of allylic oxidation sites excluding steroid dienone is 6. The minimum absolute atomic E-state index is 1.02. The highest BCUT2D eigenvalue weighted by molar-refractivity contribution is 6.09. The van der Waals surface area contributed by atoms with Crippen molar-refractivity contribution in [1.82, 2.24) is 4.57 Å². The lowest BCUT2D eigenvalue weighted by Crippen LogP contribution is -2.10. The smallest absolute Gasteiger partial charge is 0.0541 e. The van der Waals surface area contributed by atoms with Gasteiger partial charge < -0.3 is 9.47 Å². The molecule has 246 valence electrons. The minimum Gasteiger partial charge on any atom is -0.311 e. The number of aromatic nitrogens is 1. The van der Waals surface area contributed by atoms with Crippen molar-refractivity contribution in [2.75, 3.05) is 4.90 Å². The summed E-state index contributed by atoms with van der Waals surface area (Å²) in [4.78, 5) is 2.37. The first kappa shape index (κ1) is 30.2. The van der Waals surface area contributed by atoms with Gasteiger partial charge in [-0.2, -0.15) is 0 Å². The van der Waals surface area contributed by atoms with Gasteiger partial charge in [-0.05, 0) is 118 Å². The van der Waals surface area contributed by atoms with Crippen LogP contribution >= 0.6 is 0 Å². The second-order valence-electron chi connectivity index (χ2n) is 13.8. The van der Waals surface area contributed by atoms with E-state index in [-0.39, 0.29) is 0 Å². The molecule has 0 fully saturated rings. The van der Waals surface area contributed by atoms with E-state index in [2.05, 4.69) is 204 Å². The predicted molar refractivity (Wildman–Crippen MR) is 220 cm³/mol. The van der Waals surface area contributed by atoms with E-state index in [0.717, 1.165) is 35.6 Å². The van der Waals surface area contributed by atoms with Crippen LogP contribution in [0.5, 0.6) is 0 Å². The third kappa shape index (κ3) is 5.28. The zero-order chi connectivity index (χ0) is 34.4. The van der Waals surface area contributed by atoms with Gasteiger partial charge in [-0.25, -0.2) is 0 Å². The second kappa shape index (κ2) is 12.6. The molecule has 52 heavy (non-hydrogen) atoms. The molecule has 0 saturated heterocycles. The lowest BCUT2D eigenvalue weighted by Gasteiger charge is -2.26. The molecule has 0 spiro atoms. The molecule has 2 heteroatoms. The van der Waals surface area contributed by atoms with Gasteiger partial charge in [-0.15, -0.1) is 0 Å². The number of anilines is 3. The molecule has 0 amide bonds. The molecule has 0 unspecified atom stereocenters. The minimum atomic E-state index is 1.02. The van der Waals surface area contributed by atoms with E-state index in [1.165, 1.54) is 66.3 Å². The summed E-state index contributed by atoms with van der Waals surface area (Å²) in [5.74, 6) is 0. The molecule has 0 saturated carbocycles. The zero-order valence-corrected chi connectivity index (χ0v) is 28.8. The summed E-state index contributed by atoms with van der Waals surface area (Å²) in [7, 11) is 0. The highest BCUT2D eigenvalue weighted by Gasteiger charge is 2.19. The molecule has 0 N–H and O–H groups in total. The van der Waals surface area contributed by atoms with Crippen molar-refractivity contribution in [1.29, 1.82) is 0 Å². The van der Waals surface area contributed by atoms with Gasteiger partial charge in [-0.1, -0.05) is 133 Å². The molecule has 0 radical (unpaired) electrons. The van der Waals surface area contributed by atoms with E-state index in [4.69, 9.17) is 0 Å². The van der Waals surface area contributed by atoms with Crippen LogP contribution in [-0.2, 0) is 0 Å². The van der Waals surface area contributed by atoms with Gasteiger partial charge in [0, 0.05) is 33.5 Å². The second-order valence-corrected chi connectivity index (χ2v) is 13.8. The van der Waals surface area contributed by atoms with Crippen LogP contribution in [0, 0.1) is 0 Å². The highest BCUT2D eigenvalue weighted by Crippen LogP contribution is 2.41. The fourth-order valence-corrected chi connectivity index (χ4v) is 8.05. The molecule has 1 heterocycles. The first-order valence-electron chi connectivity index (χ1n) is 18.1. The van der Waals surface area contributed by atoms with Gasteiger partial charge in [-0.3, -0.25) is 0 Å². The van der Waals surface area contributed by atoms with Crippen molar-refractivity contribution in [3.8, 4) is 27.9 Å². The van der Waals surface area contributed by atoms with E-state index in [0.29, 0.717) is 0 Å². The Balaban J connectivity index is 1.01. The summed E-state index contributed by atoms with van der Waals surface area (Å²) in [5, 5.41) is 2.54. The first-order chi connectivity index (χ1) is 25.8. The SMILES string of the molecule is C1=CC2=C(C=C(c3ccc(N(c4ccc(-c5ccc(-c6ccccc6)cc5)cc4)c4ccc(-n5c6ccccc6c6ccccc65)cc4)cc3)C2)C1. The molecule has 8 aromatic rings. The highest BCUT2D eigenvalue weighted by atomic mass is 15.1. The number of nitrogens with zero attached hydrogens (tertiary/aromatic N) is 2. The number of hydrogen-bond acceptors (Lipinski definition) is 1. The van der Waals surface area contributed by atoms with Crippen molar-refractivity contribution in [3.05, 3.63) is 211 Å². The summed E-state index contributed by atoms with van der Waals surface area (Å²) in [6, 6.07) is 63.9. The maximum Gasteiger partial charge on any atom is 0.0541 e. The van der Waals surface area contributed by atoms with E-state index in [1.807, 2.05) is 0 Å². The lowest BCUT2D eigenvalue weighted by atomic mass is 10.00. The molecule has 2 aliphatic rings. The molecule has 7 aromatic carbocycles. The van der Waals surface area contributed by atoms with Crippen LogP contribution in [0.3, 0.4) is 0 Å². The maximum absolute atomic E-state index is 2.39. The van der Waals surface area contributed by atoms with Gasteiger partial charge >= 0.3 is 0 Å². The Morgan fingerprint density at radius 2 is 0.865 bits per heavy atom. The standard InChI is InChI=1S/C50H36N2/c1-2-9-35(10-3-1)36-17-19-37(20-18-36)38-21-25-43(26-22-38)51(44-27-23-39(24-28-44)42-33-40-11-8-12-41(40)34-42)45-29-31-46(32-30-45)52-49-15-6-4-13-47(49)48-14-5-7-16-50(48)52/h1-11,13-32,34H,12,33H2. The molecule has 0 aliphatic heterocycles. The van der Waals surface area contributed by atoms with Crippen molar-refractivity contribution in [3.63, 3.8) is 0 Å². The number of benzene rings is 7. The Bertz CT molecular complexity index is 2620. The van der Waals surface area contributed by atoms with E-state index in [1.54, 1.807) is 0 Å². The quantitative estimate of drug-likeness (QED) is 0.165. The molecular weight excluding hydrogens is 629 g/mol. The Morgan fingerprint density at radius 3 is 1.42 bits per heavy atom. The third-order valence-electron chi connectivity index (χ3n) is 10.7. The average Bonchev–Trinajstić information content (AvgIpc) is 3.93. The van der Waals surface area contributed by atoms with Crippen LogP contribution in [0.15, 0.2) is 205 Å². The Morgan fingerprint density at radius 1 is 0.404 bits per heavy atom. The molecule has 2 nitrogen and oxygen atoms in total. The largest absolute Gasteiger partial charge is 0.311 e. The summed E-state index contributed by atoms with van der Waals surface area (Å²) >= 11 is 0. The number of fused-ring (bicyclic) bond motifs is 3. The summed E-state index contributed by atoms with van der Waals surface area (Å²) in [6.07, 6.45) is 9.03. The van der Waals surface area contributed by atoms with Crippen molar-refractivity contribution >= 4 is 44.4 Å². The predicted octanol–water partition coefficient (Wildman–Crippen LogP) is 13.6. The summed E-state index contributed by atoms with van der Waals surface area (Å²) in [5.41, 5.74) is 17.5. The van der Waals surface area contributed by atoms with Gasteiger partial charge in [0.1, 0.15) is 0 Å². The number of rotatable bonds is 7. The Kier molecular flexibility index (Phi) is 7.32. The van der Waals surface area contributed by atoms with E-state index in [9.17, 15) is 0 Å². The van der Waals surface area contributed by atoms with Crippen LogP contribution < -0.4 is 4.90 Å². The maximum atomic E-state index is 2.39. The molecule has 2 aliphatic carbocycles. The third-order valence-corrected chi connectivity index (χ3v) is 10.7. The molecular formula is C50H36N2. The number of para-hydroxylation sites is 2. The normalized spacial score (nSPS) is 13.6. The van der Waals surface area contributed by atoms with Gasteiger partial charge in [0.2, 0.25) is 0 Å². The average molecular weight is 665 g/mol. The van der Waals surface area contributed by atoms with Gasteiger partial charge in [0.15, 0.2) is 0 Å². The molecule has 0 atom stereocenters. The summed E-state index contributed by atoms with van der Waals surface area (Å²) in [6.45, 7) is 0. The van der Waals surface area contributed by atoms with Crippen LogP contribution in [0.4, 0.5) is 17.1 Å². The van der Waals surface area contributed by atoms with Crippen LogP contribution in [0.25, 0.3) is 55.3 Å². The van der Waals surface area contributed by atoms with E-state index >= 15 is 0 Å². The molecule has 1 aromatic heterocycles. The lowest BCUT2D eigenvalue weighted by molar-refractivity contribution is 1.17. The van der Waals surface area contributed by atoms with Crippen molar-refractivity contribution < 1.29 is 0 Å². The van der Waals surface area contributed by atoms with Crippen LogP contribution in [0.1, 0.15) is 18.4 Å². The zero-order valence-electron chi connectivity index (χ0n) is 28.8. The Hall–Kier alpha value is -6.64. The van der Waals surface area contributed by atoms with E-state index < -0.39 is 0 Å². The monoisotopic (exact) mass is 664 g/mol. The van der Waals surface area contributed by atoms with Gasteiger partial charge in [0.25, 0.3) is 0 Å².